The van der Waals surface area contributed by atoms with Crippen molar-refractivity contribution in [3.63, 3.8) is 0 Å². The monoisotopic (exact) mass is 207 g/mol. The lowest BCUT2D eigenvalue weighted by Gasteiger charge is -2.00. The molecule has 0 spiro atoms. The third-order valence-electron chi connectivity index (χ3n) is 2.11. The summed E-state index contributed by atoms with van der Waals surface area (Å²) in [7, 11) is 1.58. The highest BCUT2D eigenvalue weighted by Gasteiger charge is 2.10. The fraction of sp³-hybridized carbons (Fsp3) is 0.300. The van der Waals surface area contributed by atoms with Crippen molar-refractivity contribution in [2.75, 3.05) is 7.11 Å². The molecule has 5 heteroatoms. The summed E-state index contributed by atoms with van der Waals surface area (Å²) in [6.45, 7) is 2.50. The predicted octanol–water partition coefficient (Wildman–Crippen LogP) is 1.63. The summed E-state index contributed by atoms with van der Waals surface area (Å²) in [6.07, 6.45) is 1.75. The molecule has 2 rings (SSSR count). The molecule has 0 aliphatic heterocycles. The first-order chi connectivity index (χ1) is 7.31. The van der Waals surface area contributed by atoms with Crippen LogP contribution in [0, 0.1) is 6.92 Å². The fourth-order valence-electron chi connectivity index (χ4n) is 1.38. The standard InChI is InChI=1S/C10H13N3O2/c1-7-3-4-9(15-7)10-8(5-11-13-10)6-12-14-2/h3-5,12H,6H2,1-2H3,(H,11,13). The van der Waals surface area contributed by atoms with E-state index in [1.807, 2.05) is 19.1 Å². The number of hydrogen-bond donors (Lipinski definition) is 2. The lowest BCUT2D eigenvalue weighted by atomic mass is 10.2. The number of aromatic amines is 1. The molecule has 0 bridgehead atoms. The largest absolute Gasteiger partial charge is 0.460 e. The van der Waals surface area contributed by atoms with Crippen LogP contribution in [0.15, 0.2) is 22.7 Å². The zero-order chi connectivity index (χ0) is 10.7. The van der Waals surface area contributed by atoms with E-state index in [1.54, 1.807) is 13.3 Å². The number of hydroxylamine groups is 1. The zero-order valence-corrected chi connectivity index (χ0v) is 8.70. The van der Waals surface area contributed by atoms with Crippen molar-refractivity contribution in [1.82, 2.24) is 15.7 Å². The third kappa shape index (κ3) is 2.08. The highest BCUT2D eigenvalue weighted by atomic mass is 16.6. The van der Waals surface area contributed by atoms with Gasteiger partial charge in [-0.3, -0.25) is 5.10 Å². The Morgan fingerprint density at radius 2 is 2.40 bits per heavy atom. The number of H-pyrrole nitrogens is 1. The number of nitrogens with zero attached hydrogens (tertiary/aromatic N) is 1. The SMILES string of the molecule is CONCc1cn[nH]c1-c1ccc(C)o1. The molecule has 0 atom stereocenters. The molecule has 0 unspecified atom stereocenters. The van der Waals surface area contributed by atoms with E-state index >= 15 is 0 Å². The summed E-state index contributed by atoms with van der Waals surface area (Å²) in [6, 6.07) is 3.84. The Kier molecular flexibility index (Phi) is 2.84. The molecule has 15 heavy (non-hydrogen) atoms. The van der Waals surface area contributed by atoms with Gasteiger partial charge in [-0.15, -0.1) is 0 Å². The van der Waals surface area contributed by atoms with E-state index in [4.69, 9.17) is 9.25 Å². The minimum atomic E-state index is 0.585. The minimum Gasteiger partial charge on any atom is -0.460 e. The van der Waals surface area contributed by atoms with Crippen molar-refractivity contribution in [3.05, 3.63) is 29.7 Å². The van der Waals surface area contributed by atoms with Crippen molar-refractivity contribution >= 4 is 0 Å². The first kappa shape index (κ1) is 9.95. The smallest absolute Gasteiger partial charge is 0.152 e. The first-order valence-corrected chi connectivity index (χ1v) is 4.66. The van der Waals surface area contributed by atoms with Crippen LogP contribution in [-0.2, 0) is 11.4 Å². The molecule has 2 heterocycles. The Bertz CT molecular complexity index is 433. The molecule has 0 fully saturated rings. The van der Waals surface area contributed by atoms with Gasteiger partial charge in [0.05, 0.1) is 13.3 Å². The van der Waals surface area contributed by atoms with Crippen LogP contribution in [0.4, 0.5) is 0 Å². The summed E-state index contributed by atoms with van der Waals surface area (Å²) < 4.78 is 5.51. The topological polar surface area (TPSA) is 63.1 Å². The van der Waals surface area contributed by atoms with Gasteiger partial charge in [0, 0.05) is 12.1 Å². The average molecular weight is 207 g/mol. The van der Waals surface area contributed by atoms with E-state index < -0.39 is 0 Å². The Morgan fingerprint density at radius 3 is 3.07 bits per heavy atom. The maximum absolute atomic E-state index is 5.51. The molecular formula is C10H13N3O2. The van der Waals surface area contributed by atoms with Gasteiger partial charge in [-0.2, -0.15) is 10.6 Å². The van der Waals surface area contributed by atoms with Crippen molar-refractivity contribution in [2.45, 2.75) is 13.5 Å². The summed E-state index contributed by atoms with van der Waals surface area (Å²) in [5, 5.41) is 6.89. The van der Waals surface area contributed by atoms with Gasteiger partial charge in [0.15, 0.2) is 5.76 Å². The zero-order valence-electron chi connectivity index (χ0n) is 8.70. The number of hydrogen-bond acceptors (Lipinski definition) is 4. The molecule has 0 radical (unpaired) electrons. The number of aryl methyl sites for hydroxylation is 1. The van der Waals surface area contributed by atoms with Gasteiger partial charge in [-0.1, -0.05) is 0 Å². The quantitative estimate of drug-likeness (QED) is 0.748. The maximum Gasteiger partial charge on any atom is 0.152 e. The minimum absolute atomic E-state index is 0.585. The van der Waals surface area contributed by atoms with E-state index in [-0.39, 0.29) is 0 Å². The van der Waals surface area contributed by atoms with E-state index in [1.165, 1.54) is 0 Å². The third-order valence-corrected chi connectivity index (χ3v) is 2.11. The van der Waals surface area contributed by atoms with Gasteiger partial charge in [0.25, 0.3) is 0 Å². The van der Waals surface area contributed by atoms with Gasteiger partial charge in [0.1, 0.15) is 11.5 Å². The molecule has 0 aromatic carbocycles. The Morgan fingerprint density at radius 1 is 1.53 bits per heavy atom. The van der Waals surface area contributed by atoms with E-state index in [0.717, 1.165) is 22.8 Å². The van der Waals surface area contributed by atoms with Crippen molar-refractivity contribution in [2.24, 2.45) is 0 Å². The Balaban J connectivity index is 2.24. The van der Waals surface area contributed by atoms with Crippen LogP contribution in [0.3, 0.4) is 0 Å². The first-order valence-electron chi connectivity index (χ1n) is 4.66. The number of furan rings is 1. The van der Waals surface area contributed by atoms with Gasteiger partial charge < -0.3 is 9.25 Å². The van der Waals surface area contributed by atoms with Crippen LogP contribution in [0.1, 0.15) is 11.3 Å². The second-order valence-corrected chi connectivity index (χ2v) is 3.21. The average Bonchev–Trinajstić information content (AvgIpc) is 2.82. The highest BCUT2D eigenvalue weighted by molar-refractivity contribution is 5.56. The van der Waals surface area contributed by atoms with Gasteiger partial charge in [-0.25, -0.2) is 0 Å². The summed E-state index contributed by atoms with van der Waals surface area (Å²) in [5.41, 5.74) is 4.65. The summed E-state index contributed by atoms with van der Waals surface area (Å²) >= 11 is 0. The second kappa shape index (κ2) is 4.29. The van der Waals surface area contributed by atoms with Crippen LogP contribution < -0.4 is 5.48 Å². The Labute approximate surface area is 87.4 Å². The van der Waals surface area contributed by atoms with E-state index in [0.29, 0.717) is 6.54 Å². The van der Waals surface area contributed by atoms with Crippen LogP contribution in [0.2, 0.25) is 0 Å². The van der Waals surface area contributed by atoms with Crippen molar-refractivity contribution < 1.29 is 9.25 Å². The Hall–Kier alpha value is -1.59. The molecule has 2 aromatic rings. The lowest BCUT2D eigenvalue weighted by molar-refractivity contribution is 0.0868. The second-order valence-electron chi connectivity index (χ2n) is 3.21. The van der Waals surface area contributed by atoms with Crippen molar-refractivity contribution in [3.8, 4) is 11.5 Å². The maximum atomic E-state index is 5.51. The molecule has 2 N–H and O–H groups in total. The number of aromatic nitrogens is 2. The molecule has 0 aliphatic rings. The number of nitrogens with one attached hydrogen (secondary N) is 2. The van der Waals surface area contributed by atoms with Crippen LogP contribution >= 0.6 is 0 Å². The van der Waals surface area contributed by atoms with Gasteiger partial charge >= 0.3 is 0 Å². The highest BCUT2D eigenvalue weighted by Crippen LogP contribution is 2.22. The van der Waals surface area contributed by atoms with Gasteiger partial charge in [-0.05, 0) is 19.1 Å². The van der Waals surface area contributed by atoms with E-state index in [9.17, 15) is 0 Å². The molecule has 0 saturated heterocycles. The summed E-state index contributed by atoms with van der Waals surface area (Å²) in [5.74, 6) is 1.67. The van der Waals surface area contributed by atoms with Crippen LogP contribution in [-0.4, -0.2) is 17.3 Å². The van der Waals surface area contributed by atoms with Crippen LogP contribution in [0.5, 0.6) is 0 Å². The van der Waals surface area contributed by atoms with Crippen LogP contribution in [0.25, 0.3) is 11.5 Å². The number of rotatable bonds is 4. The van der Waals surface area contributed by atoms with Crippen molar-refractivity contribution in [1.29, 1.82) is 0 Å². The molecule has 2 aromatic heterocycles. The molecule has 0 aliphatic carbocycles. The molecule has 0 saturated carbocycles. The molecule has 0 amide bonds. The molecular weight excluding hydrogens is 194 g/mol. The molecule has 5 nitrogen and oxygen atoms in total. The summed E-state index contributed by atoms with van der Waals surface area (Å²) in [4.78, 5) is 4.79. The van der Waals surface area contributed by atoms with E-state index in [2.05, 4.69) is 15.7 Å². The lowest BCUT2D eigenvalue weighted by Crippen LogP contribution is -2.10. The normalized spacial score (nSPS) is 10.8. The van der Waals surface area contributed by atoms with Gasteiger partial charge in [0.2, 0.25) is 0 Å². The fourth-order valence-corrected chi connectivity index (χ4v) is 1.38. The predicted molar refractivity (Wildman–Crippen MR) is 54.9 cm³/mol. The molecule has 80 valence electrons.